The van der Waals surface area contributed by atoms with E-state index in [2.05, 4.69) is 4.98 Å². The largest absolute Gasteiger partial charge is 0.454 e. The highest BCUT2D eigenvalue weighted by Crippen LogP contribution is 2.89. The Morgan fingerprint density at radius 2 is 1.86 bits per heavy atom. The van der Waals surface area contributed by atoms with E-state index in [1.807, 2.05) is 0 Å². The lowest BCUT2D eigenvalue weighted by atomic mass is 9.54. The molecule has 2 aliphatic heterocycles. The van der Waals surface area contributed by atoms with Crippen molar-refractivity contribution in [3.8, 4) is 0 Å². The number of aromatic amines is 1. The van der Waals surface area contributed by atoms with Gasteiger partial charge in [0, 0.05) is 36.3 Å². The van der Waals surface area contributed by atoms with Crippen LogP contribution >= 0.6 is 0 Å². The van der Waals surface area contributed by atoms with Gasteiger partial charge < -0.3 is 45.1 Å². The Balaban J connectivity index is 1.65. The van der Waals surface area contributed by atoms with Gasteiger partial charge in [0.2, 0.25) is 0 Å². The molecule has 6 fully saturated rings. The van der Waals surface area contributed by atoms with E-state index in [9.17, 15) is 35.4 Å². The molecule has 35 heavy (non-hydrogen) atoms. The number of carbonyl (C=O) groups is 1. The Kier molecular flexibility index (Phi) is 4.17. The lowest BCUT2D eigenvalue weighted by molar-refractivity contribution is -0.391. The van der Waals surface area contributed by atoms with Crippen LogP contribution in [0.3, 0.4) is 0 Å². The molecule has 10 heteroatoms. The summed E-state index contributed by atoms with van der Waals surface area (Å²) in [4.78, 5) is 15.9. The lowest BCUT2D eigenvalue weighted by Gasteiger charge is -2.60. The molecule has 2 saturated heterocycles. The van der Waals surface area contributed by atoms with E-state index < -0.39 is 81.1 Å². The van der Waals surface area contributed by atoms with E-state index in [1.54, 1.807) is 40.0 Å². The van der Waals surface area contributed by atoms with Gasteiger partial charge in [0.25, 0.3) is 0 Å². The van der Waals surface area contributed by atoms with Crippen molar-refractivity contribution in [2.45, 2.75) is 94.0 Å². The van der Waals surface area contributed by atoms with Crippen molar-refractivity contribution in [3.63, 3.8) is 0 Å². The molecule has 7 N–H and O–H groups in total. The summed E-state index contributed by atoms with van der Waals surface area (Å²) in [5, 5.41) is 72.0. The van der Waals surface area contributed by atoms with Gasteiger partial charge in [-0.15, -0.1) is 0 Å². The molecule has 0 radical (unpaired) electrons. The Hall–Kier alpha value is -1.53. The van der Waals surface area contributed by atoms with Crippen LogP contribution in [-0.4, -0.2) is 88.1 Å². The minimum absolute atomic E-state index is 0.144. The van der Waals surface area contributed by atoms with E-state index in [0.29, 0.717) is 0 Å². The number of aliphatic hydroxyl groups excluding tert-OH is 2. The van der Waals surface area contributed by atoms with Gasteiger partial charge in [0.15, 0.2) is 11.4 Å². The first-order valence-corrected chi connectivity index (χ1v) is 12.4. The molecule has 4 aliphatic carbocycles. The predicted octanol–water partition coefficient (Wildman–Crippen LogP) is -0.332. The van der Waals surface area contributed by atoms with Gasteiger partial charge in [-0.3, -0.25) is 0 Å². The second kappa shape index (κ2) is 6.12. The molecule has 3 heterocycles. The van der Waals surface area contributed by atoms with Gasteiger partial charge in [-0.1, -0.05) is 27.7 Å². The Labute approximate surface area is 202 Å². The monoisotopic (exact) mass is 493 g/mol. The summed E-state index contributed by atoms with van der Waals surface area (Å²) in [5.41, 5.74) is -11.4. The number of H-pyrrole nitrogens is 1. The minimum Gasteiger partial charge on any atom is -0.454 e. The summed E-state index contributed by atoms with van der Waals surface area (Å²) < 4.78 is 12.2. The third kappa shape index (κ3) is 1.88. The van der Waals surface area contributed by atoms with Crippen LogP contribution in [0.25, 0.3) is 0 Å². The summed E-state index contributed by atoms with van der Waals surface area (Å²) >= 11 is 0. The molecule has 10 nitrogen and oxygen atoms in total. The molecule has 1 spiro atoms. The normalized spacial score (nSPS) is 59.8. The quantitative estimate of drug-likeness (QED) is 0.278. The first-order valence-electron chi connectivity index (χ1n) is 12.4. The van der Waals surface area contributed by atoms with Crippen LogP contribution < -0.4 is 0 Å². The molecule has 4 saturated carbocycles. The zero-order valence-electron chi connectivity index (χ0n) is 20.5. The van der Waals surface area contributed by atoms with Crippen LogP contribution in [0.15, 0.2) is 18.3 Å². The Morgan fingerprint density at radius 1 is 1.20 bits per heavy atom. The summed E-state index contributed by atoms with van der Waals surface area (Å²) in [6.07, 6.45) is -2.89. The number of ether oxygens (including phenoxy) is 2. The van der Waals surface area contributed by atoms with E-state index in [0.717, 1.165) is 0 Å². The van der Waals surface area contributed by atoms with Crippen molar-refractivity contribution in [1.29, 1.82) is 0 Å². The molecule has 0 aromatic carbocycles. The van der Waals surface area contributed by atoms with Crippen molar-refractivity contribution in [2.75, 3.05) is 0 Å². The van der Waals surface area contributed by atoms with Crippen LogP contribution in [0.2, 0.25) is 0 Å². The maximum atomic E-state index is 13.1. The van der Waals surface area contributed by atoms with Gasteiger partial charge in [-0.2, -0.15) is 0 Å². The van der Waals surface area contributed by atoms with Gasteiger partial charge in [0.05, 0.1) is 17.6 Å². The second-order valence-electron chi connectivity index (χ2n) is 12.4. The highest BCUT2D eigenvalue weighted by Gasteiger charge is 3.05. The topological polar surface area (TPSA) is 173 Å². The van der Waals surface area contributed by atoms with Crippen molar-refractivity contribution < 1.29 is 44.9 Å². The molecule has 12 unspecified atom stereocenters. The molecule has 1 aromatic rings. The fourth-order valence-electron chi connectivity index (χ4n) is 9.56. The third-order valence-corrected chi connectivity index (χ3v) is 11.2. The summed E-state index contributed by atoms with van der Waals surface area (Å²) in [6.45, 7) is 8.13. The lowest BCUT2D eigenvalue weighted by Crippen LogP contribution is -2.77. The molecule has 1 aromatic heterocycles. The maximum absolute atomic E-state index is 13.1. The van der Waals surface area contributed by atoms with Crippen LogP contribution in [0.1, 0.15) is 57.9 Å². The SMILES string of the molecule is CC1C(O)CC2(O)C3(C)CC4(O)OC2(C1O)C1(O)C3C(OC(=O)c2ccc[nH]2)C(O)(C(C)C)C41C. The molecule has 0 amide bonds. The number of nitrogens with one attached hydrogen (secondary N) is 1. The van der Waals surface area contributed by atoms with E-state index in [-0.39, 0.29) is 18.5 Å². The summed E-state index contributed by atoms with van der Waals surface area (Å²) in [6, 6.07) is 3.14. The van der Waals surface area contributed by atoms with E-state index in [1.165, 1.54) is 13.0 Å². The fourth-order valence-corrected chi connectivity index (χ4v) is 9.56. The van der Waals surface area contributed by atoms with Gasteiger partial charge in [-0.05, 0) is 25.0 Å². The third-order valence-electron chi connectivity index (χ3n) is 11.2. The number of carbonyl (C=O) groups excluding carboxylic acids is 1. The Morgan fingerprint density at radius 3 is 2.43 bits per heavy atom. The van der Waals surface area contributed by atoms with Crippen molar-refractivity contribution in [1.82, 2.24) is 4.98 Å². The average Bonchev–Trinajstić information content (AvgIpc) is 3.40. The first kappa shape index (κ1) is 23.8. The smallest absolute Gasteiger partial charge is 0.355 e. The van der Waals surface area contributed by atoms with Crippen molar-refractivity contribution >= 4 is 5.97 Å². The van der Waals surface area contributed by atoms with Gasteiger partial charge >= 0.3 is 5.97 Å². The standard InChI is InChI=1S/C25H35NO9/c1-11(2)23(32)17(34-18(29)13-7-6-8-26-13)15-19(4)10-22(31)20(23,5)24(15,33)25(35-22)16(28)12(3)14(27)9-21(19,25)30/h6-8,11-12,14-17,26-28,30-33H,9-10H2,1-5H3. The Bertz CT molecular complexity index is 1110. The van der Waals surface area contributed by atoms with Crippen molar-refractivity contribution in [3.05, 3.63) is 24.0 Å². The molecule has 194 valence electrons. The second-order valence-corrected chi connectivity index (χ2v) is 12.4. The number of hydrogen-bond acceptors (Lipinski definition) is 9. The van der Waals surface area contributed by atoms with Gasteiger partial charge in [-0.25, -0.2) is 4.79 Å². The molecule has 7 rings (SSSR count). The summed E-state index contributed by atoms with van der Waals surface area (Å²) in [7, 11) is 0. The minimum atomic E-state index is -2.20. The maximum Gasteiger partial charge on any atom is 0.355 e. The molecule has 6 bridgehead atoms. The number of aromatic nitrogens is 1. The molecular weight excluding hydrogens is 458 g/mol. The van der Waals surface area contributed by atoms with Crippen LogP contribution in [0, 0.1) is 28.6 Å². The zero-order valence-corrected chi connectivity index (χ0v) is 20.5. The highest BCUT2D eigenvalue weighted by molar-refractivity contribution is 5.87. The fraction of sp³-hybridized carbons (Fsp3) is 0.800. The number of hydrogen-bond donors (Lipinski definition) is 7. The zero-order chi connectivity index (χ0) is 25.8. The van der Waals surface area contributed by atoms with Crippen LogP contribution in [-0.2, 0) is 9.47 Å². The predicted molar refractivity (Wildman–Crippen MR) is 119 cm³/mol. The van der Waals surface area contributed by atoms with E-state index in [4.69, 9.17) is 9.47 Å². The average molecular weight is 494 g/mol. The molecule has 12 atom stereocenters. The summed E-state index contributed by atoms with van der Waals surface area (Å²) in [5.74, 6) is -5.47. The molecule has 6 aliphatic rings. The van der Waals surface area contributed by atoms with E-state index >= 15 is 0 Å². The van der Waals surface area contributed by atoms with Crippen LogP contribution in [0.5, 0.6) is 0 Å². The van der Waals surface area contributed by atoms with Gasteiger partial charge in [0.1, 0.15) is 28.6 Å². The number of aliphatic hydroxyl groups is 6. The highest BCUT2D eigenvalue weighted by atomic mass is 16.7. The van der Waals surface area contributed by atoms with Crippen molar-refractivity contribution in [2.24, 2.45) is 28.6 Å². The molecular formula is C25H35NO9. The number of rotatable bonds is 3. The first-order chi connectivity index (χ1) is 16.0. The number of esters is 1. The van der Waals surface area contributed by atoms with Crippen LogP contribution in [0.4, 0.5) is 0 Å².